The van der Waals surface area contributed by atoms with E-state index >= 15 is 0 Å². The average Bonchev–Trinajstić information content (AvgIpc) is 2.85. The van der Waals surface area contributed by atoms with Gasteiger partial charge in [-0.15, -0.1) is 0 Å². The maximum Gasteiger partial charge on any atom is 0.258 e. The van der Waals surface area contributed by atoms with Crippen LogP contribution in [-0.2, 0) is 24.1 Å². The summed E-state index contributed by atoms with van der Waals surface area (Å²) in [5, 5.41) is 0.779. The Bertz CT molecular complexity index is 1330. The first kappa shape index (κ1) is 21.7. The zero-order chi connectivity index (χ0) is 22.8. The fraction of sp³-hybridized carbons (Fsp3) is 0.241. The third-order valence-electron chi connectivity index (χ3n) is 6.77. The lowest BCUT2D eigenvalue weighted by atomic mass is 9.69. The molecule has 33 heavy (non-hydrogen) atoms. The summed E-state index contributed by atoms with van der Waals surface area (Å²) < 4.78 is 1.89. The average molecular weight is 453 g/mol. The van der Waals surface area contributed by atoms with Crippen molar-refractivity contribution < 1.29 is 0 Å². The van der Waals surface area contributed by atoms with E-state index in [9.17, 15) is 4.79 Å². The molecule has 0 unspecified atom stereocenters. The van der Waals surface area contributed by atoms with Gasteiger partial charge in [0.15, 0.2) is 5.16 Å². The molecule has 0 bridgehead atoms. The topological polar surface area (TPSA) is 34.9 Å². The largest absolute Gasteiger partial charge is 0.283 e. The van der Waals surface area contributed by atoms with Crippen molar-refractivity contribution in [3.05, 3.63) is 118 Å². The van der Waals surface area contributed by atoms with Gasteiger partial charge in [-0.25, -0.2) is 4.98 Å². The normalized spacial score (nSPS) is 16.8. The summed E-state index contributed by atoms with van der Waals surface area (Å²) >= 11 is 1.64. The second-order valence-corrected chi connectivity index (χ2v) is 9.96. The minimum Gasteiger partial charge on any atom is -0.283 e. The van der Waals surface area contributed by atoms with Gasteiger partial charge in [-0.05, 0) is 29.5 Å². The fourth-order valence-electron chi connectivity index (χ4n) is 4.73. The molecule has 166 valence electrons. The summed E-state index contributed by atoms with van der Waals surface area (Å²) in [6, 6.07) is 29.0. The molecule has 0 fully saturated rings. The highest BCUT2D eigenvalue weighted by molar-refractivity contribution is 7.98. The van der Waals surface area contributed by atoms with Crippen LogP contribution in [0.1, 0.15) is 42.5 Å². The molecule has 0 saturated carbocycles. The number of hydrogen-bond donors (Lipinski definition) is 0. The van der Waals surface area contributed by atoms with Crippen LogP contribution in [0.2, 0.25) is 0 Å². The van der Waals surface area contributed by atoms with Crippen molar-refractivity contribution in [3.63, 3.8) is 0 Å². The summed E-state index contributed by atoms with van der Waals surface area (Å²) in [5.74, 6) is 0.771. The van der Waals surface area contributed by atoms with Gasteiger partial charge < -0.3 is 0 Å². The third-order valence-corrected chi connectivity index (χ3v) is 7.81. The van der Waals surface area contributed by atoms with E-state index in [0.29, 0.717) is 6.54 Å². The van der Waals surface area contributed by atoms with Crippen molar-refractivity contribution in [2.75, 3.05) is 0 Å². The first-order chi connectivity index (χ1) is 16.1. The Morgan fingerprint density at radius 3 is 2.24 bits per heavy atom. The summed E-state index contributed by atoms with van der Waals surface area (Å²) in [6.07, 6.45) is 1.76. The molecular formula is C29H28N2OS. The molecule has 0 N–H and O–H groups in total. The molecule has 1 atom stereocenters. The molecule has 0 saturated heterocycles. The molecule has 0 aliphatic heterocycles. The molecule has 0 radical (unpaired) electrons. The van der Waals surface area contributed by atoms with Crippen molar-refractivity contribution >= 4 is 11.8 Å². The van der Waals surface area contributed by atoms with Crippen LogP contribution < -0.4 is 5.56 Å². The molecule has 4 heteroatoms. The highest BCUT2D eigenvalue weighted by atomic mass is 32.2. The van der Waals surface area contributed by atoms with E-state index in [1.165, 1.54) is 11.1 Å². The molecule has 1 aromatic heterocycles. The minimum absolute atomic E-state index is 0.0956. The van der Waals surface area contributed by atoms with Gasteiger partial charge in [0, 0.05) is 16.7 Å². The van der Waals surface area contributed by atoms with Crippen LogP contribution in [0, 0.1) is 0 Å². The van der Waals surface area contributed by atoms with E-state index < -0.39 is 0 Å². The third kappa shape index (κ3) is 4.16. The number of aromatic nitrogens is 2. The zero-order valence-corrected chi connectivity index (χ0v) is 19.9. The van der Waals surface area contributed by atoms with Gasteiger partial charge in [0.05, 0.1) is 17.8 Å². The predicted molar refractivity (Wildman–Crippen MR) is 137 cm³/mol. The standard InChI is InChI=1S/C29H28N2OS/c1-3-29(2)18-23-16-10-11-17-24(23)26-25(29)27(32)31(19-21-12-6-4-7-13-21)28(30-26)33-20-22-14-8-5-9-15-22/h4-17H,3,18-20H2,1-2H3/t29-/m0/s1. The minimum atomic E-state index is -0.227. The second kappa shape index (κ2) is 9.03. The molecule has 0 spiro atoms. The highest BCUT2D eigenvalue weighted by Gasteiger charge is 2.38. The molecule has 5 rings (SSSR count). The maximum absolute atomic E-state index is 14.1. The van der Waals surface area contributed by atoms with Crippen LogP contribution >= 0.6 is 11.8 Å². The van der Waals surface area contributed by atoms with Crippen LogP contribution in [-0.4, -0.2) is 9.55 Å². The Labute approximate surface area is 199 Å². The van der Waals surface area contributed by atoms with Crippen LogP contribution in [0.3, 0.4) is 0 Å². The van der Waals surface area contributed by atoms with Gasteiger partial charge in [0.25, 0.3) is 5.56 Å². The Morgan fingerprint density at radius 1 is 0.909 bits per heavy atom. The summed E-state index contributed by atoms with van der Waals surface area (Å²) in [7, 11) is 0. The molecule has 1 aliphatic rings. The van der Waals surface area contributed by atoms with E-state index in [0.717, 1.165) is 46.1 Å². The number of fused-ring (bicyclic) bond motifs is 3. The van der Waals surface area contributed by atoms with E-state index in [4.69, 9.17) is 4.98 Å². The van der Waals surface area contributed by atoms with Crippen LogP contribution in [0.25, 0.3) is 11.3 Å². The lowest BCUT2D eigenvalue weighted by molar-refractivity contribution is 0.430. The van der Waals surface area contributed by atoms with Crippen LogP contribution in [0.5, 0.6) is 0 Å². The zero-order valence-electron chi connectivity index (χ0n) is 19.1. The molecule has 3 aromatic carbocycles. The molecular weight excluding hydrogens is 424 g/mol. The summed E-state index contributed by atoms with van der Waals surface area (Å²) in [5.41, 5.74) is 6.31. The van der Waals surface area contributed by atoms with Crippen LogP contribution in [0.4, 0.5) is 0 Å². The highest BCUT2D eigenvalue weighted by Crippen LogP contribution is 2.43. The van der Waals surface area contributed by atoms with Gasteiger partial charge in [0.1, 0.15) is 0 Å². The maximum atomic E-state index is 14.1. The fourth-order valence-corrected chi connectivity index (χ4v) is 5.67. The molecule has 0 amide bonds. The first-order valence-electron chi connectivity index (χ1n) is 11.5. The number of rotatable bonds is 6. The van der Waals surface area contributed by atoms with Crippen molar-refractivity contribution in [2.24, 2.45) is 0 Å². The molecule has 4 aromatic rings. The predicted octanol–water partition coefficient (Wildman–Crippen LogP) is 6.47. The Hall–Kier alpha value is -3.11. The van der Waals surface area contributed by atoms with E-state index in [2.05, 4.69) is 68.4 Å². The number of hydrogen-bond acceptors (Lipinski definition) is 3. The van der Waals surface area contributed by atoms with Crippen molar-refractivity contribution in [2.45, 2.75) is 49.6 Å². The first-order valence-corrected chi connectivity index (χ1v) is 12.5. The van der Waals surface area contributed by atoms with Gasteiger partial charge >= 0.3 is 0 Å². The lowest BCUT2D eigenvalue weighted by Gasteiger charge is -2.36. The Morgan fingerprint density at radius 2 is 1.55 bits per heavy atom. The van der Waals surface area contributed by atoms with Gasteiger partial charge in [-0.2, -0.15) is 0 Å². The number of benzene rings is 3. The summed E-state index contributed by atoms with van der Waals surface area (Å²) in [4.78, 5) is 19.3. The Balaban J connectivity index is 1.69. The smallest absolute Gasteiger partial charge is 0.258 e. The van der Waals surface area contributed by atoms with Crippen LogP contribution in [0.15, 0.2) is 94.9 Å². The van der Waals surface area contributed by atoms with Gasteiger partial charge in [-0.3, -0.25) is 9.36 Å². The summed E-state index contributed by atoms with van der Waals surface area (Å²) in [6.45, 7) is 4.92. The number of thioether (sulfide) groups is 1. The van der Waals surface area contributed by atoms with Gasteiger partial charge in [0.2, 0.25) is 0 Å². The second-order valence-electron chi connectivity index (χ2n) is 9.02. The number of nitrogens with zero attached hydrogens (tertiary/aromatic N) is 2. The lowest BCUT2D eigenvalue weighted by Crippen LogP contribution is -2.40. The van der Waals surface area contributed by atoms with Crippen molar-refractivity contribution in [3.8, 4) is 11.3 Å². The van der Waals surface area contributed by atoms with Gasteiger partial charge in [-0.1, -0.05) is 111 Å². The quantitative estimate of drug-likeness (QED) is 0.248. The monoisotopic (exact) mass is 452 g/mol. The molecule has 1 heterocycles. The SMILES string of the molecule is CC[C@@]1(C)Cc2ccccc2-c2nc(SCc3ccccc3)n(Cc3ccccc3)c(=O)c21. The van der Waals surface area contributed by atoms with E-state index in [-0.39, 0.29) is 11.0 Å². The molecule has 1 aliphatic carbocycles. The van der Waals surface area contributed by atoms with Crippen molar-refractivity contribution in [1.29, 1.82) is 0 Å². The van der Waals surface area contributed by atoms with E-state index in [1.54, 1.807) is 11.8 Å². The van der Waals surface area contributed by atoms with Crippen molar-refractivity contribution in [1.82, 2.24) is 9.55 Å². The van der Waals surface area contributed by atoms with E-state index in [1.807, 2.05) is 34.9 Å². The molecule has 3 nitrogen and oxygen atoms in total. The Kier molecular flexibility index (Phi) is 5.94.